The van der Waals surface area contributed by atoms with Gasteiger partial charge in [0.2, 0.25) is 0 Å². The summed E-state index contributed by atoms with van der Waals surface area (Å²) in [7, 11) is 0. The second kappa shape index (κ2) is 8.46. The van der Waals surface area contributed by atoms with E-state index in [2.05, 4.69) is 11.8 Å². The van der Waals surface area contributed by atoms with E-state index < -0.39 is 29.7 Å². The molecule has 0 bridgehead atoms. The van der Waals surface area contributed by atoms with Gasteiger partial charge in [0.25, 0.3) is 0 Å². The molecule has 0 saturated carbocycles. The maximum absolute atomic E-state index is 11.5. The Labute approximate surface area is 174 Å². The predicted octanol–water partition coefficient (Wildman–Crippen LogP) is 2.94. The van der Waals surface area contributed by atoms with Gasteiger partial charge in [-0.2, -0.15) is 0 Å². The van der Waals surface area contributed by atoms with E-state index in [-0.39, 0.29) is 12.5 Å². The van der Waals surface area contributed by atoms with Crippen LogP contribution in [0.25, 0.3) is 0 Å². The Morgan fingerprint density at radius 2 is 1.73 bits per heavy atom. The fourth-order valence-corrected chi connectivity index (χ4v) is 3.84. The summed E-state index contributed by atoms with van der Waals surface area (Å²) in [6.07, 6.45) is 9.71. The van der Waals surface area contributed by atoms with Crippen molar-refractivity contribution in [1.82, 2.24) is 4.90 Å². The van der Waals surface area contributed by atoms with Gasteiger partial charge >= 0.3 is 17.9 Å². The molecular weight excluding hydrogens is 386 g/mol. The van der Waals surface area contributed by atoms with Crippen LogP contribution in [-0.4, -0.2) is 44.2 Å². The van der Waals surface area contributed by atoms with E-state index in [4.69, 9.17) is 0 Å². The Morgan fingerprint density at radius 3 is 2.23 bits per heavy atom. The lowest BCUT2D eigenvalue weighted by molar-refractivity contribution is -0.140. The van der Waals surface area contributed by atoms with E-state index >= 15 is 0 Å². The molecule has 3 N–H and O–H groups in total. The van der Waals surface area contributed by atoms with Crippen molar-refractivity contribution in [2.45, 2.75) is 39.2 Å². The number of rotatable bonds is 6. The number of aliphatic carboxylic acids is 3. The van der Waals surface area contributed by atoms with Crippen LogP contribution in [0.2, 0.25) is 0 Å². The summed E-state index contributed by atoms with van der Waals surface area (Å²) in [6.45, 7) is 3.67. The molecule has 0 saturated heterocycles. The summed E-state index contributed by atoms with van der Waals surface area (Å²) in [5.74, 6) is 1.45. The Morgan fingerprint density at radius 1 is 1.00 bits per heavy atom. The van der Waals surface area contributed by atoms with Gasteiger partial charge in [-0.05, 0) is 50.7 Å². The number of allylic oxidation sites excluding steroid dienone is 5. The summed E-state index contributed by atoms with van der Waals surface area (Å²) in [4.78, 5) is 36.0. The molecule has 7 nitrogen and oxygen atoms in total. The lowest BCUT2D eigenvalue weighted by Gasteiger charge is -2.38. The minimum atomic E-state index is -0.968. The summed E-state index contributed by atoms with van der Waals surface area (Å²) < 4.78 is 0. The fourth-order valence-electron chi connectivity index (χ4n) is 3.84. The minimum absolute atomic E-state index is 0.271. The zero-order chi connectivity index (χ0) is 22.0. The van der Waals surface area contributed by atoms with Crippen LogP contribution in [0.3, 0.4) is 0 Å². The van der Waals surface area contributed by atoms with E-state index in [9.17, 15) is 29.7 Å². The third kappa shape index (κ3) is 4.08. The Kier molecular flexibility index (Phi) is 5.97. The average Bonchev–Trinajstić information content (AvgIpc) is 2.72. The summed E-state index contributed by atoms with van der Waals surface area (Å²) in [5, 5.41) is 27.9. The molecule has 0 aromatic rings. The molecule has 156 valence electrons. The Balaban J connectivity index is 2.03. The average molecular weight is 409 g/mol. The molecule has 3 aliphatic rings. The molecule has 7 heteroatoms. The SMILES string of the molecule is CC1=C(C)C(N(C2=CCC(C(=O)O)C#C2)C2=CC=C(C(=O)O)CC2)C=CC1C(=O)O. The highest BCUT2D eigenvalue weighted by Gasteiger charge is 2.32. The molecule has 0 aliphatic heterocycles. The number of carboxylic acids is 3. The fraction of sp³-hybridized carbons (Fsp3) is 0.348. The lowest BCUT2D eigenvalue weighted by atomic mass is 9.85. The monoisotopic (exact) mass is 409 g/mol. The largest absolute Gasteiger partial charge is 0.481 e. The minimum Gasteiger partial charge on any atom is -0.481 e. The predicted molar refractivity (Wildman–Crippen MR) is 109 cm³/mol. The second-order valence-electron chi connectivity index (χ2n) is 7.52. The molecule has 0 fully saturated rings. The molecule has 3 atom stereocenters. The van der Waals surface area contributed by atoms with Crippen LogP contribution in [0.5, 0.6) is 0 Å². The van der Waals surface area contributed by atoms with Crippen LogP contribution in [0, 0.1) is 23.7 Å². The van der Waals surface area contributed by atoms with Gasteiger partial charge in [0, 0.05) is 11.3 Å². The van der Waals surface area contributed by atoms with Crippen LogP contribution < -0.4 is 0 Å². The maximum atomic E-state index is 11.5. The Hall–Kier alpha value is -3.53. The maximum Gasteiger partial charge on any atom is 0.331 e. The van der Waals surface area contributed by atoms with E-state index in [0.717, 1.165) is 16.8 Å². The van der Waals surface area contributed by atoms with Gasteiger partial charge in [-0.25, -0.2) is 4.79 Å². The van der Waals surface area contributed by atoms with Crippen LogP contribution in [0.4, 0.5) is 0 Å². The molecule has 3 rings (SSSR count). The van der Waals surface area contributed by atoms with Crippen molar-refractivity contribution in [2.75, 3.05) is 0 Å². The number of carboxylic acid groups (broad SMARTS) is 3. The van der Waals surface area contributed by atoms with Crippen molar-refractivity contribution in [3.8, 4) is 11.8 Å². The normalized spacial score (nSPS) is 25.4. The summed E-state index contributed by atoms with van der Waals surface area (Å²) in [6, 6.07) is -0.284. The van der Waals surface area contributed by atoms with Gasteiger partial charge in [-0.1, -0.05) is 35.8 Å². The summed E-state index contributed by atoms with van der Waals surface area (Å²) in [5.41, 5.74) is 3.43. The molecule has 0 spiro atoms. The summed E-state index contributed by atoms with van der Waals surface area (Å²) >= 11 is 0. The van der Waals surface area contributed by atoms with E-state index in [1.54, 1.807) is 31.2 Å². The molecule has 0 heterocycles. The molecule has 3 unspecified atom stereocenters. The van der Waals surface area contributed by atoms with Crippen molar-refractivity contribution in [1.29, 1.82) is 0 Å². The number of hydrogen-bond donors (Lipinski definition) is 3. The highest BCUT2D eigenvalue weighted by molar-refractivity contribution is 5.87. The van der Waals surface area contributed by atoms with Gasteiger partial charge < -0.3 is 20.2 Å². The van der Waals surface area contributed by atoms with E-state index in [1.165, 1.54) is 0 Å². The van der Waals surface area contributed by atoms with Gasteiger partial charge in [0.1, 0.15) is 5.92 Å². The van der Waals surface area contributed by atoms with Crippen molar-refractivity contribution in [2.24, 2.45) is 11.8 Å². The molecular formula is C23H23NO6. The molecule has 30 heavy (non-hydrogen) atoms. The van der Waals surface area contributed by atoms with Crippen molar-refractivity contribution in [3.05, 3.63) is 58.5 Å². The first-order valence-corrected chi connectivity index (χ1v) is 9.65. The molecule has 0 aromatic heterocycles. The smallest absolute Gasteiger partial charge is 0.331 e. The number of hydrogen-bond acceptors (Lipinski definition) is 4. The van der Waals surface area contributed by atoms with Gasteiger partial charge in [-0.15, -0.1) is 0 Å². The van der Waals surface area contributed by atoms with Crippen LogP contribution in [-0.2, 0) is 14.4 Å². The second-order valence-corrected chi connectivity index (χ2v) is 7.52. The molecule has 0 radical (unpaired) electrons. The van der Waals surface area contributed by atoms with Crippen molar-refractivity contribution >= 4 is 17.9 Å². The standard InChI is InChI=1S/C23H23NO6/c1-13-14(2)20(12-11-19(13)23(29)30)24(17-7-3-15(4-8-17)21(25)26)18-9-5-16(6-10-18)22(27)28/h3,7,9,11-12,16,19-20H,4-5,8H2,1-2H3,(H,25,26)(H,27,28)(H,29,30). The van der Waals surface area contributed by atoms with E-state index in [1.807, 2.05) is 17.9 Å². The quantitative estimate of drug-likeness (QED) is 0.456. The third-order valence-corrected chi connectivity index (χ3v) is 5.75. The first kappa shape index (κ1) is 21.2. The Bertz CT molecular complexity index is 1010. The lowest BCUT2D eigenvalue weighted by Crippen LogP contribution is -2.37. The highest BCUT2D eigenvalue weighted by atomic mass is 16.4. The first-order chi connectivity index (χ1) is 14.2. The van der Waals surface area contributed by atoms with Crippen LogP contribution in [0.15, 0.2) is 58.5 Å². The van der Waals surface area contributed by atoms with Gasteiger partial charge in [0.05, 0.1) is 17.7 Å². The number of carbonyl (C=O) groups is 3. The topological polar surface area (TPSA) is 115 Å². The first-order valence-electron chi connectivity index (χ1n) is 9.65. The molecule has 0 aromatic carbocycles. The highest BCUT2D eigenvalue weighted by Crippen LogP contribution is 2.35. The molecule has 0 amide bonds. The third-order valence-electron chi connectivity index (χ3n) is 5.75. The zero-order valence-electron chi connectivity index (χ0n) is 16.8. The van der Waals surface area contributed by atoms with Crippen molar-refractivity contribution < 1.29 is 29.7 Å². The van der Waals surface area contributed by atoms with E-state index in [0.29, 0.717) is 24.1 Å². The van der Waals surface area contributed by atoms with Crippen molar-refractivity contribution in [3.63, 3.8) is 0 Å². The van der Waals surface area contributed by atoms with Crippen LogP contribution in [0.1, 0.15) is 33.1 Å². The number of nitrogens with zero attached hydrogens (tertiary/aromatic N) is 1. The molecule has 3 aliphatic carbocycles. The van der Waals surface area contributed by atoms with Gasteiger partial charge in [-0.3, -0.25) is 9.59 Å². The zero-order valence-corrected chi connectivity index (χ0v) is 16.8. The van der Waals surface area contributed by atoms with Gasteiger partial charge in [0.15, 0.2) is 0 Å². The van der Waals surface area contributed by atoms with Crippen LogP contribution >= 0.6 is 0 Å².